The number of benzene rings is 2. The van der Waals surface area contributed by atoms with Gasteiger partial charge < -0.3 is 9.47 Å². The van der Waals surface area contributed by atoms with E-state index in [0.29, 0.717) is 11.4 Å². The minimum absolute atomic E-state index is 0.186. The summed E-state index contributed by atoms with van der Waals surface area (Å²) in [5.41, 5.74) is 0.888. The van der Waals surface area contributed by atoms with E-state index in [1.807, 2.05) is 0 Å². The third-order valence-corrected chi connectivity index (χ3v) is 3.12. The summed E-state index contributed by atoms with van der Waals surface area (Å²) < 4.78 is 10.1. The molecular formula is C18H12N2O6. The first kappa shape index (κ1) is 18.5. The molecule has 0 N–H and O–H groups in total. The molecule has 0 fully saturated rings. The van der Waals surface area contributed by atoms with Crippen molar-refractivity contribution in [1.82, 2.24) is 0 Å². The Balaban J connectivity index is 1.95. The number of esters is 2. The lowest BCUT2D eigenvalue weighted by Crippen LogP contribution is -2.28. The third-order valence-electron chi connectivity index (χ3n) is 3.12. The van der Waals surface area contributed by atoms with E-state index in [2.05, 4.69) is 9.98 Å². The average molecular weight is 352 g/mol. The quantitative estimate of drug-likeness (QED) is 0.342. The van der Waals surface area contributed by atoms with E-state index in [4.69, 9.17) is 9.47 Å². The SMILES string of the molecule is CC(OC(=O)c1ccc(N=C=O)cc1)C(=O)Oc1ccc(N=C=O)cc1. The molecule has 2 aromatic carbocycles. The van der Waals surface area contributed by atoms with E-state index >= 15 is 0 Å². The number of ether oxygens (including phenoxy) is 2. The normalized spacial score (nSPS) is 10.7. The number of carbonyl (C=O) groups is 2. The molecule has 1 unspecified atom stereocenters. The fourth-order valence-electron chi connectivity index (χ4n) is 1.84. The maximum absolute atomic E-state index is 12.0. The second kappa shape index (κ2) is 8.84. The van der Waals surface area contributed by atoms with Crippen LogP contribution in [0, 0.1) is 0 Å². The van der Waals surface area contributed by atoms with E-state index < -0.39 is 18.0 Å². The first-order valence-electron chi connectivity index (χ1n) is 7.32. The Morgan fingerprint density at radius 3 is 1.88 bits per heavy atom. The van der Waals surface area contributed by atoms with Crippen LogP contribution in [0.3, 0.4) is 0 Å². The number of rotatable bonds is 6. The van der Waals surface area contributed by atoms with Crippen LogP contribution in [0.15, 0.2) is 58.5 Å². The lowest BCUT2D eigenvalue weighted by Gasteiger charge is -2.12. The average Bonchev–Trinajstić information content (AvgIpc) is 2.64. The van der Waals surface area contributed by atoms with Crippen LogP contribution < -0.4 is 4.74 Å². The van der Waals surface area contributed by atoms with Crippen molar-refractivity contribution < 1.29 is 28.7 Å². The van der Waals surface area contributed by atoms with Crippen molar-refractivity contribution in [2.75, 3.05) is 0 Å². The van der Waals surface area contributed by atoms with Gasteiger partial charge >= 0.3 is 11.9 Å². The van der Waals surface area contributed by atoms with Gasteiger partial charge in [-0.2, -0.15) is 9.98 Å². The van der Waals surface area contributed by atoms with Gasteiger partial charge in [-0.3, -0.25) is 0 Å². The van der Waals surface area contributed by atoms with Gasteiger partial charge in [0.05, 0.1) is 16.9 Å². The van der Waals surface area contributed by atoms with Gasteiger partial charge in [0.1, 0.15) is 5.75 Å². The summed E-state index contributed by atoms with van der Waals surface area (Å²) in [7, 11) is 0. The van der Waals surface area contributed by atoms with Crippen LogP contribution in [0.5, 0.6) is 5.75 Å². The number of nitrogens with zero attached hydrogens (tertiary/aromatic N) is 2. The Hall–Kier alpha value is -3.86. The Morgan fingerprint density at radius 2 is 1.38 bits per heavy atom. The van der Waals surface area contributed by atoms with Gasteiger partial charge in [0, 0.05) is 0 Å². The molecule has 2 rings (SSSR count). The highest BCUT2D eigenvalue weighted by Crippen LogP contribution is 2.18. The van der Waals surface area contributed by atoms with Crippen LogP contribution in [0.25, 0.3) is 0 Å². The fourth-order valence-corrected chi connectivity index (χ4v) is 1.84. The first-order chi connectivity index (χ1) is 12.5. The van der Waals surface area contributed by atoms with Crippen molar-refractivity contribution in [3.05, 3.63) is 54.1 Å². The molecule has 1 atom stereocenters. The van der Waals surface area contributed by atoms with Gasteiger partial charge in [-0.15, -0.1) is 0 Å². The molecular weight excluding hydrogens is 340 g/mol. The van der Waals surface area contributed by atoms with Crippen LogP contribution in [0.2, 0.25) is 0 Å². The van der Waals surface area contributed by atoms with Crippen molar-refractivity contribution in [2.45, 2.75) is 13.0 Å². The van der Waals surface area contributed by atoms with Gasteiger partial charge in [-0.1, -0.05) is 0 Å². The number of aliphatic imine (C=N–C) groups is 2. The molecule has 26 heavy (non-hydrogen) atoms. The van der Waals surface area contributed by atoms with Gasteiger partial charge in [0.25, 0.3) is 0 Å². The van der Waals surface area contributed by atoms with Crippen LogP contribution in [-0.4, -0.2) is 30.2 Å². The highest BCUT2D eigenvalue weighted by molar-refractivity contribution is 5.92. The van der Waals surface area contributed by atoms with Crippen LogP contribution in [0.1, 0.15) is 17.3 Å². The summed E-state index contributed by atoms with van der Waals surface area (Å²) in [6.07, 6.45) is 1.63. The number of hydrogen-bond acceptors (Lipinski definition) is 8. The lowest BCUT2D eigenvalue weighted by atomic mass is 10.2. The third kappa shape index (κ3) is 5.07. The highest BCUT2D eigenvalue weighted by Gasteiger charge is 2.21. The molecule has 130 valence electrons. The molecule has 8 heteroatoms. The van der Waals surface area contributed by atoms with Crippen LogP contribution >= 0.6 is 0 Å². The van der Waals surface area contributed by atoms with Crippen molar-refractivity contribution in [1.29, 1.82) is 0 Å². The Bertz CT molecular complexity index is 892. The lowest BCUT2D eigenvalue weighted by molar-refractivity contribution is -0.143. The molecule has 0 aliphatic heterocycles. The number of carbonyl (C=O) groups excluding carboxylic acids is 4. The standard InChI is InChI=1S/C18H12N2O6/c1-12(17(23)26-16-8-6-15(7-9-16)20-11-22)25-18(24)13-2-4-14(5-3-13)19-10-21/h2-9,12H,1H3. The summed E-state index contributed by atoms with van der Waals surface area (Å²) >= 11 is 0. The van der Waals surface area contributed by atoms with Gasteiger partial charge in [-0.05, 0) is 55.5 Å². The summed E-state index contributed by atoms with van der Waals surface area (Å²) in [5.74, 6) is -1.29. The van der Waals surface area contributed by atoms with Crippen molar-refractivity contribution >= 4 is 35.5 Å². The molecule has 0 aromatic heterocycles. The van der Waals surface area contributed by atoms with Gasteiger partial charge in [0.2, 0.25) is 12.2 Å². The summed E-state index contributed by atoms with van der Waals surface area (Å²) in [4.78, 5) is 51.1. The summed E-state index contributed by atoms with van der Waals surface area (Å²) in [5, 5.41) is 0. The Morgan fingerprint density at radius 1 is 0.885 bits per heavy atom. The zero-order valence-corrected chi connectivity index (χ0v) is 13.5. The number of isocyanates is 2. The monoisotopic (exact) mass is 352 g/mol. The predicted molar refractivity (Wildman–Crippen MR) is 89.0 cm³/mol. The van der Waals surface area contributed by atoms with Gasteiger partial charge in [-0.25, -0.2) is 19.2 Å². The maximum Gasteiger partial charge on any atom is 0.352 e. The van der Waals surface area contributed by atoms with Crippen molar-refractivity contribution in [2.24, 2.45) is 9.98 Å². The number of hydrogen-bond donors (Lipinski definition) is 0. The topological polar surface area (TPSA) is 111 Å². The predicted octanol–water partition coefficient (Wildman–Crippen LogP) is 2.77. The molecule has 0 bridgehead atoms. The van der Waals surface area contributed by atoms with E-state index in [0.717, 1.165) is 0 Å². The van der Waals surface area contributed by atoms with Crippen LogP contribution in [-0.2, 0) is 19.1 Å². The molecule has 0 heterocycles. The van der Waals surface area contributed by atoms with Crippen molar-refractivity contribution in [3.63, 3.8) is 0 Å². The van der Waals surface area contributed by atoms with E-state index in [-0.39, 0.29) is 11.3 Å². The minimum Gasteiger partial charge on any atom is -0.447 e. The maximum atomic E-state index is 12.0. The van der Waals surface area contributed by atoms with E-state index in [9.17, 15) is 19.2 Å². The summed E-state index contributed by atoms with van der Waals surface area (Å²) in [6, 6.07) is 11.5. The zero-order valence-electron chi connectivity index (χ0n) is 13.5. The van der Waals surface area contributed by atoms with E-state index in [1.54, 1.807) is 0 Å². The molecule has 0 aliphatic rings. The van der Waals surface area contributed by atoms with Crippen LogP contribution in [0.4, 0.5) is 11.4 Å². The molecule has 2 aromatic rings. The summed E-state index contributed by atoms with van der Waals surface area (Å²) in [6.45, 7) is 1.37. The molecule has 0 amide bonds. The molecule has 0 saturated carbocycles. The fraction of sp³-hybridized carbons (Fsp3) is 0.111. The minimum atomic E-state index is -1.15. The Kier molecular flexibility index (Phi) is 6.28. The molecule has 0 aliphatic carbocycles. The molecule has 0 radical (unpaired) electrons. The smallest absolute Gasteiger partial charge is 0.352 e. The van der Waals surface area contributed by atoms with E-state index in [1.165, 1.54) is 67.6 Å². The highest BCUT2D eigenvalue weighted by atomic mass is 16.6. The first-order valence-corrected chi connectivity index (χ1v) is 7.32. The zero-order chi connectivity index (χ0) is 18.9. The molecule has 0 saturated heterocycles. The Labute approximate surface area is 147 Å². The second-order valence-corrected chi connectivity index (χ2v) is 4.92. The molecule has 0 spiro atoms. The van der Waals surface area contributed by atoms with Crippen molar-refractivity contribution in [3.8, 4) is 5.75 Å². The van der Waals surface area contributed by atoms with Gasteiger partial charge in [0.15, 0.2) is 6.10 Å². The largest absolute Gasteiger partial charge is 0.447 e. The second-order valence-electron chi connectivity index (χ2n) is 4.92. The molecule has 8 nitrogen and oxygen atoms in total.